The summed E-state index contributed by atoms with van der Waals surface area (Å²) in [6, 6.07) is 0. The lowest BCUT2D eigenvalue weighted by Crippen LogP contribution is -3.00. The minimum absolute atomic E-state index is 0. The molecule has 0 unspecified atom stereocenters. The van der Waals surface area contributed by atoms with E-state index in [1.807, 2.05) is 34.6 Å². The first-order chi connectivity index (χ1) is 12.3. The van der Waals surface area contributed by atoms with Gasteiger partial charge in [0.2, 0.25) is 10.0 Å². The van der Waals surface area contributed by atoms with Gasteiger partial charge in [-0.2, -0.15) is 0 Å². The van der Waals surface area contributed by atoms with Gasteiger partial charge in [0, 0.05) is 19.4 Å². The first-order valence-corrected chi connectivity index (χ1v) is 13.4. The Hall–Kier alpha value is 0.500. The van der Waals surface area contributed by atoms with Crippen molar-refractivity contribution >= 4 is 17.6 Å². The Labute approximate surface area is 183 Å². The summed E-state index contributed by atoms with van der Waals surface area (Å²) < 4.78 is 51.0. The third-order valence-electron chi connectivity index (χ3n) is 3.97. The van der Waals surface area contributed by atoms with Gasteiger partial charge in [-0.3, -0.25) is 4.57 Å². The summed E-state index contributed by atoms with van der Waals surface area (Å²) in [6.45, 7) is 11.5. The van der Waals surface area contributed by atoms with Gasteiger partial charge in [-0.05, 0) is 34.1 Å². The normalized spacial score (nSPS) is 13.2. The first-order valence-electron chi connectivity index (χ1n) is 10.1. The summed E-state index contributed by atoms with van der Waals surface area (Å²) in [5.41, 5.74) is 0. The molecule has 172 valence electrons. The van der Waals surface area contributed by atoms with E-state index in [0.717, 1.165) is 36.8 Å². The molecule has 0 saturated carbocycles. The number of hydrogen-bond donors (Lipinski definition) is 1. The molecule has 0 aliphatic carbocycles. The molecule has 0 fully saturated rings. The molecule has 0 amide bonds. The second-order valence-corrected chi connectivity index (χ2v) is 12.3. The molecule has 0 radical (unpaired) electrons. The molecule has 0 heterocycles. The van der Waals surface area contributed by atoms with Crippen molar-refractivity contribution in [1.29, 1.82) is 0 Å². The smallest absolute Gasteiger partial charge is 0.331 e. The molecular formula is C18H42BrN2O5PS. The van der Waals surface area contributed by atoms with Crippen LogP contribution in [0.5, 0.6) is 0 Å². The predicted octanol–water partition coefficient (Wildman–Crippen LogP) is 0.610. The summed E-state index contributed by atoms with van der Waals surface area (Å²) in [5.74, 6) is 0.197. The van der Waals surface area contributed by atoms with E-state index < -0.39 is 17.6 Å². The highest BCUT2D eigenvalue weighted by Crippen LogP contribution is 2.50. The van der Waals surface area contributed by atoms with Crippen molar-refractivity contribution in [3.8, 4) is 0 Å². The zero-order chi connectivity index (χ0) is 21.1. The van der Waals surface area contributed by atoms with E-state index in [0.29, 0.717) is 19.1 Å². The van der Waals surface area contributed by atoms with Crippen molar-refractivity contribution in [2.75, 3.05) is 45.6 Å². The van der Waals surface area contributed by atoms with E-state index >= 15 is 0 Å². The number of sulfonamides is 1. The molecule has 10 heteroatoms. The second kappa shape index (κ2) is 14.5. The van der Waals surface area contributed by atoms with Crippen molar-refractivity contribution in [3.63, 3.8) is 0 Å². The van der Waals surface area contributed by atoms with E-state index in [1.165, 1.54) is 0 Å². The third kappa shape index (κ3) is 16.3. The maximum Gasteiger partial charge on any atom is 0.331 e. The highest BCUT2D eigenvalue weighted by atomic mass is 79.9. The first kappa shape index (κ1) is 30.7. The monoisotopic (exact) mass is 508 g/mol. The Morgan fingerprint density at radius 1 is 0.964 bits per heavy atom. The number of rotatable bonds is 16. The third-order valence-corrected chi connectivity index (χ3v) is 7.79. The fraction of sp³-hybridized carbons (Fsp3) is 1.00. The highest BCUT2D eigenvalue weighted by molar-refractivity contribution is 7.89. The van der Waals surface area contributed by atoms with Crippen molar-refractivity contribution in [2.45, 2.75) is 72.5 Å². The molecule has 0 aliphatic heterocycles. The van der Waals surface area contributed by atoms with Crippen LogP contribution >= 0.6 is 7.60 Å². The van der Waals surface area contributed by atoms with Crippen molar-refractivity contribution in [1.82, 2.24) is 4.72 Å². The fourth-order valence-corrected chi connectivity index (χ4v) is 6.06. The van der Waals surface area contributed by atoms with E-state index in [-0.39, 0.29) is 34.9 Å². The van der Waals surface area contributed by atoms with E-state index in [4.69, 9.17) is 9.05 Å². The maximum absolute atomic E-state index is 12.8. The van der Waals surface area contributed by atoms with Gasteiger partial charge in [0.1, 0.15) is 0 Å². The Bertz CT molecular complexity index is 542. The van der Waals surface area contributed by atoms with E-state index in [1.54, 1.807) is 0 Å². The van der Waals surface area contributed by atoms with Crippen LogP contribution in [-0.2, 0) is 23.6 Å². The molecule has 0 rings (SSSR count). The SMILES string of the molecule is CCCCS(=O)(=O)NCCC[N+](C)(C)CCCP(=O)(OC(C)C)OC(C)C.[Br-]. The average molecular weight is 509 g/mol. The number of hydrogen-bond acceptors (Lipinski definition) is 5. The zero-order valence-corrected chi connectivity index (χ0v) is 22.0. The molecule has 0 aromatic rings. The van der Waals surface area contributed by atoms with Crippen LogP contribution in [-0.4, -0.2) is 70.8 Å². The van der Waals surface area contributed by atoms with E-state index in [9.17, 15) is 13.0 Å². The highest BCUT2D eigenvalue weighted by Gasteiger charge is 2.28. The number of unbranched alkanes of at least 4 members (excludes halogenated alkanes) is 1. The van der Waals surface area contributed by atoms with E-state index in [2.05, 4.69) is 18.8 Å². The lowest BCUT2D eigenvalue weighted by atomic mass is 10.3. The Morgan fingerprint density at radius 3 is 1.93 bits per heavy atom. The fourth-order valence-electron chi connectivity index (χ4n) is 2.72. The average Bonchev–Trinajstić information content (AvgIpc) is 2.47. The quantitative estimate of drug-likeness (QED) is 0.187. The van der Waals surface area contributed by atoms with Gasteiger partial charge < -0.3 is 30.5 Å². The van der Waals surface area contributed by atoms with Gasteiger partial charge in [0.05, 0.1) is 51.3 Å². The maximum atomic E-state index is 12.8. The summed E-state index contributed by atoms with van der Waals surface area (Å²) in [5, 5.41) is 0. The molecule has 0 aromatic carbocycles. The minimum atomic E-state index is -3.15. The summed E-state index contributed by atoms with van der Waals surface area (Å²) in [7, 11) is -2.03. The summed E-state index contributed by atoms with van der Waals surface area (Å²) >= 11 is 0. The van der Waals surface area contributed by atoms with Gasteiger partial charge in [-0.25, -0.2) is 13.1 Å². The molecule has 0 atom stereocenters. The molecule has 0 aliphatic rings. The van der Waals surface area contributed by atoms with Gasteiger partial charge in [0.15, 0.2) is 0 Å². The molecule has 7 nitrogen and oxygen atoms in total. The standard InChI is InChI=1S/C18H42N2O5PS.BrH/c1-8-9-16-27(22,23)19-12-10-13-20(6,7)14-11-15-26(21,24-17(2)3)25-18(4)5;/h17-19H,8-16H2,1-7H3;1H/q+1;/p-1. The van der Waals surface area contributed by atoms with Gasteiger partial charge in [0.25, 0.3) is 0 Å². The van der Waals surface area contributed by atoms with Gasteiger partial charge in [-0.15, -0.1) is 0 Å². The van der Waals surface area contributed by atoms with Crippen LogP contribution < -0.4 is 21.7 Å². The molecule has 0 saturated heterocycles. The lowest BCUT2D eigenvalue weighted by Gasteiger charge is -2.31. The Kier molecular flexibility index (Phi) is 15.9. The van der Waals surface area contributed by atoms with Gasteiger partial charge in [-0.1, -0.05) is 13.3 Å². The summed E-state index contributed by atoms with van der Waals surface area (Å²) in [6.07, 6.45) is 3.17. The molecule has 0 aromatic heterocycles. The number of nitrogens with one attached hydrogen (secondary N) is 1. The van der Waals surface area contributed by atoms with Crippen LogP contribution in [0.2, 0.25) is 0 Å². The second-order valence-electron chi connectivity index (χ2n) is 8.30. The number of nitrogens with zero attached hydrogens (tertiary/aromatic N) is 1. The van der Waals surface area contributed by atoms with Crippen LogP contribution in [0.1, 0.15) is 60.3 Å². The van der Waals surface area contributed by atoms with Crippen LogP contribution in [0, 0.1) is 0 Å². The zero-order valence-electron chi connectivity index (χ0n) is 18.7. The molecule has 0 bridgehead atoms. The number of halogens is 1. The van der Waals surface area contributed by atoms with Crippen molar-refractivity contribution in [2.24, 2.45) is 0 Å². The van der Waals surface area contributed by atoms with Crippen molar-refractivity contribution in [3.05, 3.63) is 0 Å². The molecule has 0 spiro atoms. The van der Waals surface area contributed by atoms with Crippen LogP contribution in [0.4, 0.5) is 0 Å². The predicted molar refractivity (Wildman–Crippen MR) is 113 cm³/mol. The molecule has 28 heavy (non-hydrogen) atoms. The molecular weight excluding hydrogens is 467 g/mol. The topological polar surface area (TPSA) is 81.7 Å². The van der Waals surface area contributed by atoms with Crippen LogP contribution in [0.25, 0.3) is 0 Å². The van der Waals surface area contributed by atoms with Gasteiger partial charge >= 0.3 is 7.60 Å². The van der Waals surface area contributed by atoms with Crippen LogP contribution in [0.3, 0.4) is 0 Å². The number of quaternary nitrogens is 1. The minimum Gasteiger partial charge on any atom is -1.00 e. The lowest BCUT2D eigenvalue weighted by molar-refractivity contribution is -0.890. The van der Waals surface area contributed by atoms with Crippen molar-refractivity contribution < 1.29 is 43.5 Å². The Morgan fingerprint density at radius 2 is 1.46 bits per heavy atom. The Balaban J connectivity index is 0. The van der Waals surface area contributed by atoms with Crippen LogP contribution in [0.15, 0.2) is 0 Å². The molecule has 1 N–H and O–H groups in total. The summed E-state index contributed by atoms with van der Waals surface area (Å²) in [4.78, 5) is 0. The largest absolute Gasteiger partial charge is 1.00 e.